The van der Waals surface area contributed by atoms with Crippen molar-refractivity contribution in [2.24, 2.45) is 0 Å². The van der Waals surface area contributed by atoms with E-state index in [1.807, 2.05) is 18.2 Å². The average molecular weight is 545 g/mol. The highest BCUT2D eigenvalue weighted by molar-refractivity contribution is 7.85. The van der Waals surface area contributed by atoms with Gasteiger partial charge in [0.15, 0.2) is 0 Å². The molecule has 0 atom stereocenters. The minimum Gasteiger partial charge on any atom is -0.282 e. The summed E-state index contributed by atoms with van der Waals surface area (Å²) >= 11 is 0. The molecule has 0 unspecified atom stereocenters. The van der Waals surface area contributed by atoms with Gasteiger partial charge in [-0.1, -0.05) is 154 Å². The molecule has 2 aromatic carbocycles. The van der Waals surface area contributed by atoms with Crippen LogP contribution in [0.1, 0.15) is 153 Å². The minimum absolute atomic E-state index is 0.134. The Balaban J connectivity index is 1.95. The van der Waals surface area contributed by atoms with Crippen LogP contribution in [0.4, 0.5) is 0 Å². The Bertz CT molecular complexity index is 996. The van der Waals surface area contributed by atoms with E-state index in [1.54, 1.807) is 6.07 Å². The first-order valence-electron chi connectivity index (χ1n) is 16.0. The van der Waals surface area contributed by atoms with Gasteiger partial charge in [0, 0.05) is 0 Å². The van der Waals surface area contributed by atoms with Gasteiger partial charge < -0.3 is 0 Å². The zero-order chi connectivity index (χ0) is 27.5. The fraction of sp³-hybridized carbons (Fsp3) is 0.706. The molecule has 0 aromatic heterocycles. The first-order chi connectivity index (χ1) is 18.5. The van der Waals surface area contributed by atoms with Gasteiger partial charge in [0.2, 0.25) is 0 Å². The summed E-state index contributed by atoms with van der Waals surface area (Å²) in [6.07, 6.45) is 27.0. The summed E-state index contributed by atoms with van der Waals surface area (Å²) in [6.45, 7) is 4.52. The average Bonchev–Trinajstić information content (AvgIpc) is 2.90. The molecule has 2 rings (SSSR count). The van der Waals surface area contributed by atoms with E-state index in [1.165, 1.54) is 109 Å². The molecule has 0 aliphatic rings. The molecule has 2 aromatic rings. The molecule has 0 fully saturated rings. The fourth-order valence-corrected chi connectivity index (χ4v) is 6.62. The van der Waals surface area contributed by atoms with E-state index >= 15 is 0 Å². The van der Waals surface area contributed by atoms with Crippen LogP contribution in [0.2, 0.25) is 0 Å². The van der Waals surface area contributed by atoms with Crippen molar-refractivity contribution in [2.45, 2.75) is 160 Å². The van der Waals surface area contributed by atoms with Crippen LogP contribution in [0.5, 0.6) is 0 Å². The molecule has 38 heavy (non-hydrogen) atoms. The largest absolute Gasteiger partial charge is 0.294 e. The SMILES string of the molecule is CCCCCCCCCCCCc1c(S(=O)(=O)O)cc2ccccc2c1CCCCCCCCCCCC. The quantitative estimate of drug-likeness (QED) is 0.112. The number of benzene rings is 2. The second-order valence-electron chi connectivity index (χ2n) is 11.4. The predicted molar refractivity (Wildman–Crippen MR) is 165 cm³/mol. The maximum Gasteiger partial charge on any atom is 0.294 e. The summed E-state index contributed by atoms with van der Waals surface area (Å²) in [4.78, 5) is 0.134. The Morgan fingerprint density at radius 2 is 0.947 bits per heavy atom. The molecule has 0 saturated carbocycles. The Labute approximate surface area is 235 Å². The van der Waals surface area contributed by atoms with Crippen LogP contribution in [0, 0.1) is 0 Å². The normalized spacial score (nSPS) is 12.0. The van der Waals surface area contributed by atoms with Crippen LogP contribution in [0.3, 0.4) is 0 Å². The van der Waals surface area contributed by atoms with Crippen molar-refractivity contribution in [3.05, 3.63) is 41.5 Å². The van der Waals surface area contributed by atoms with Crippen LogP contribution in [-0.4, -0.2) is 13.0 Å². The summed E-state index contributed by atoms with van der Waals surface area (Å²) in [5.41, 5.74) is 2.01. The third-order valence-corrected chi connectivity index (χ3v) is 8.99. The highest BCUT2D eigenvalue weighted by Crippen LogP contribution is 2.32. The van der Waals surface area contributed by atoms with Gasteiger partial charge in [-0.25, -0.2) is 0 Å². The number of aryl methyl sites for hydroxylation is 1. The third kappa shape index (κ3) is 12.6. The van der Waals surface area contributed by atoms with Gasteiger partial charge in [-0.15, -0.1) is 0 Å². The topological polar surface area (TPSA) is 54.4 Å². The van der Waals surface area contributed by atoms with Gasteiger partial charge in [0.25, 0.3) is 10.1 Å². The third-order valence-electron chi connectivity index (χ3n) is 8.07. The van der Waals surface area contributed by atoms with Gasteiger partial charge in [0.05, 0.1) is 4.90 Å². The smallest absolute Gasteiger partial charge is 0.282 e. The van der Waals surface area contributed by atoms with Crippen molar-refractivity contribution < 1.29 is 13.0 Å². The number of rotatable bonds is 23. The molecule has 0 aliphatic carbocycles. The summed E-state index contributed by atoms with van der Waals surface area (Å²) in [5.74, 6) is 0. The van der Waals surface area contributed by atoms with E-state index in [4.69, 9.17) is 0 Å². The van der Waals surface area contributed by atoms with Crippen molar-refractivity contribution in [2.75, 3.05) is 0 Å². The van der Waals surface area contributed by atoms with Gasteiger partial charge >= 0.3 is 0 Å². The molecule has 0 heterocycles. The number of hydrogen-bond acceptors (Lipinski definition) is 2. The molecule has 0 bridgehead atoms. The molecule has 0 spiro atoms. The summed E-state index contributed by atoms with van der Waals surface area (Å²) in [5, 5.41) is 2.06. The van der Waals surface area contributed by atoms with Crippen molar-refractivity contribution in [1.29, 1.82) is 0 Å². The Morgan fingerprint density at radius 3 is 1.39 bits per heavy atom. The van der Waals surface area contributed by atoms with Gasteiger partial charge in [-0.3, -0.25) is 4.55 Å². The first kappa shape index (κ1) is 32.8. The molecule has 1 N–H and O–H groups in total. The van der Waals surface area contributed by atoms with E-state index in [0.717, 1.165) is 54.0 Å². The Hall–Kier alpha value is -1.39. The van der Waals surface area contributed by atoms with E-state index in [0.29, 0.717) is 0 Å². The van der Waals surface area contributed by atoms with Crippen LogP contribution in [0.25, 0.3) is 10.8 Å². The molecule has 3 nitrogen and oxygen atoms in total. The Kier molecular flexibility index (Phi) is 17.0. The van der Waals surface area contributed by atoms with Crippen LogP contribution >= 0.6 is 0 Å². The molecular weight excluding hydrogens is 488 g/mol. The maximum atomic E-state index is 12.4. The lowest BCUT2D eigenvalue weighted by molar-refractivity contribution is 0.481. The van der Waals surface area contributed by atoms with E-state index in [9.17, 15) is 13.0 Å². The number of hydrogen-bond donors (Lipinski definition) is 1. The second kappa shape index (κ2) is 19.6. The van der Waals surface area contributed by atoms with E-state index < -0.39 is 10.1 Å². The van der Waals surface area contributed by atoms with Gasteiger partial charge in [-0.2, -0.15) is 8.42 Å². The molecule has 0 aliphatic heterocycles. The molecule has 216 valence electrons. The second-order valence-corrected chi connectivity index (χ2v) is 12.8. The molecule has 0 saturated heterocycles. The standard InChI is InChI=1S/C34H56O3S/c1-3-5-7-9-11-13-15-17-19-21-27-32-31-26-24-23-25-30(31)29-34(38(35,36)37)33(32)28-22-20-18-16-14-12-10-8-6-4-2/h23-26,29H,3-22,27-28H2,1-2H3,(H,35,36,37). The molecule has 4 heteroatoms. The van der Waals surface area contributed by atoms with E-state index in [-0.39, 0.29) is 4.90 Å². The summed E-state index contributed by atoms with van der Waals surface area (Å²) in [7, 11) is -4.26. The first-order valence-corrected chi connectivity index (χ1v) is 17.4. The highest BCUT2D eigenvalue weighted by Gasteiger charge is 2.21. The van der Waals surface area contributed by atoms with Crippen LogP contribution in [0.15, 0.2) is 35.2 Å². The molecule has 0 radical (unpaired) electrons. The number of fused-ring (bicyclic) bond motifs is 1. The Morgan fingerprint density at radius 1 is 0.553 bits per heavy atom. The lowest BCUT2D eigenvalue weighted by Gasteiger charge is -2.17. The van der Waals surface area contributed by atoms with Gasteiger partial charge in [0.1, 0.15) is 0 Å². The fourth-order valence-electron chi connectivity index (χ4n) is 5.81. The number of unbranched alkanes of at least 4 members (excludes halogenated alkanes) is 18. The summed E-state index contributed by atoms with van der Waals surface area (Å²) in [6, 6.07) is 9.77. The van der Waals surface area contributed by atoms with E-state index in [2.05, 4.69) is 19.9 Å². The van der Waals surface area contributed by atoms with Crippen molar-refractivity contribution >= 4 is 20.9 Å². The molecule has 0 amide bonds. The monoisotopic (exact) mass is 544 g/mol. The van der Waals surface area contributed by atoms with Gasteiger partial charge in [-0.05, 0) is 53.6 Å². The minimum atomic E-state index is -4.26. The lowest BCUT2D eigenvalue weighted by atomic mass is 9.91. The highest BCUT2D eigenvalue weighted by atomic mass is 32.2. The lowest BCUT2D eigenvalue weighted by Crippen LogP contribution is -2.08. The van der Waals surface area contributed by atoms with Crippen LogP contribution in [-0.2, 0) is 23.0 Å². The zero-order valence-electron chi connectivity index (χ0n) is 24.6. The predicted octanol–water partition coefficient (Wildman–Crippen LogP) is 11.0. The van der Waals surface area contributed by atoms with Crippen molar-refractivity contribution in [3.8, 4) is 0 Å². The van der Waals surface area contributed by atoms with Crippen LogP contribution < -0.4 is 0 Å². The summed E-state index contributed by atoms with van der Waals surface area (Å²) < 4.78 is 35.0. The molecular formula is C34H56O3S. The van der Waals surface area contributed by atoms with Crippen molar-refractivity contribution in [1.82, 2.24) is 0 Å². The van der Waals surface area contributed by atoms with Crippen molar-refractivity contribution in [3.63, 3.8) is 0 Å². The maximum absolute atomic E-state index is 12.4. The zero-order valence-corrected chi connectivity index (χ0v) is 25.4.